The highest BCUT2D eigenvalue weighted by Crippen LogP contribution is 2.40. The molecule has 0 saturated carbocycles. The molecule has 1 aliphatic heterocycles. The number of thiophene rings is 1. The van der Waals surface area contributed by atoms with Crippen molar-refractivity contribution in [3.05, 3.63) is 28.1 Å². The lowest BCUT2D eigenvalue weighted by Gasteiger charge is -2.32. The molecule has 1 aromatic rings. The van der Waals surface area contributed by atoms with E-state index in [1.807, 2.05) is 39.1 Å². The van der Waals surface area contributed by atoms with Crippen molar-refractivity contribution in [2.45, 2.75) is 38.9 Å². The predicted octanol–water partition coefficient (Wildman–Crippen LogP) is 3.42. The number of amides is 1. The smallest absolute Gasteiger partial charge is 0.398 e. The van der Waals surface area contributed by atoms with Crippen molar-refractivity contribution < 1.29 is 18.5 Å². The van der Waals surface area contributed by atoms with Crippen LogP contribution in [0.1, 0.15) is 32.6 Å². The Labute approximate surface area is 145 Å². The monoisotopic (exact) mass is 359 g/mol. The van der Waals surface area contributed by atoms with Gasteiger partial charge in [-0.3, -0.25) is 4.79 Å². The summed E-state index contributed by atoms with van der Waals surface area (Å²) in [5.41, 5.74) is -1.44. The number of halogens is 2. The molecule has 0 atom stereocenters. The molecule has 1 amide bonds. The standard InChI is InChI=1S/C15H20BClFNO3S/c1-14(2)15(3,4)22-16(21-14)13(18)10(9-19-12(20)8-17)11-6-5-7-23-11/h5-7H,8-9H2,1-4H3,(H,19,20). The Kier molecular flexibility index (Phi) is 5.56. The van der Waals surface area contributed by atoms with Crippen molar-refractivity contribution >= 4 is 41.5 Å². The fraction of sp³-hybridized carbons (Fsp3) is 0.533. The predicted molar refractivity (Wildman–Crippen MR) is 92.2 cm³/mol. The summed E-state index contributed by atoms with van der Waals surface area (Å²) in [4.78, 5) is 12.1. The van der Waals surface area contributed by atoms with Crippen LogP contribution in [0.4, 0.5) is 4.39 Å². The minimum atomic E-state index is -1.09. The van der Waals surface area contributed by atoms with Crippen LogP contribution in [0.5, 0.6) is 0 Å². The number of carbonyl (C=O) groups excluding carboxylic acids is 1. The van der Waals surface area contributed by atoms with Gasteiger partial charge in [0.25, 0.3) is 0 Å². The lowest BCUT2D eigenvalue weighted by atomic mass is 9.84. The van der Waals surface area contributed by atoms with Gasteiger partial charge >= 0.3 is 7.12 Å². The first kappa shape index (κ1) is 18.5. The largest absolute Gasteiger partial charge is 0.525 e. The van der Waals surface area contributed by atoms with Gasteiger partial charge in [0.05, 0.1) is 11.2 Å². The molecule has 4 nitrogen and oxygen atoms in total. The van der Waals surface area contributed by atoms with E-state index in [2.05, 4.69) is 5.32 Å². The van der Waals surface area contributed by atoms with Crippen LogP contribution in [0.3, 0.4) is 0 Å². The maximum atomic E-state index is 15.0. The molecule has 126 valence electrons. The van der Waals surface area contributed by atoms with Crippen molar-refractivity contribution in [2.75, 3.05) is 12.4 Å². The fourth-order valence-corrected chi connectivity index (χ4v) is 2.93. The SMILES string of the molecule is CC1(C)OB(C(F)=C(CNC(=O)CCl)c2cccs2)OC1(C)C. The number of hydrogen-bond acceptors (Lipinski definition) is 4. The van der Waals surface area contributed by atoms with E-state index >= 15 is 4.39 Å². The first-order valence-electron chi connectivity index (χ1n) is 7.28. The average Bonchev–Trinajstić information content (AvgIpc) is 3.06. The maximum absolute atomic E-state index is 15.0. The molecule has 0 unspecified atom stereocenters. The molecule has 1 fully saturated rings. The highest BCUT2D eigenvalue weighted by atomic mass is 35.5. The zero-order chi connectivity index (χ0) is 17.3. The summed E-state index contributed by atoms with van der Waals surface area (Å²) < 4.78 is 26.5. The van der Waals surface area contributed by atoms with E-state index in [0.717, 1.165) is 0 Å². The molecule has 0 bridgehead atoms. The number of hydrogen-bond donors (Lipinski definition) is 1. The topological polar surface area (TPSA) is 47.6 Å². The van der Waals surface area contributed by atoms with Crippen molar-refractivity contribution in [1.29, 1.82) is 0 Å². The Morgan fingerprint density at radius 1 is 1.35 bits per heavy atom. The molecular weight excluding hydrogens is 339 g/mol. The summed E-state index contributed by atoms with van der Waals surface area (Å²) in [7, 11) is -1.09. The Morgan fingerprint density at radius 2 is 1.96 bits per heavy atom. The van der Waals surface area contributed by atoms with Gasteiger partial charge < -0.3 is 14.6 Å². The fourth-order valence-electron chi connectivity index (χ4n) is 2.06. The summed E-state index contributed by atoms with van der Waals surface area (Å²) in [6.45, 7) is 7.48. The molecule has 2 rings (SSSR count). The Morgan fingerprint density at radius 3 is 2.43 bits per heavy atom. The normalized spacial score (nSPS) is 20.3. The number of alkyl halides is 1. The Hall–Kier alpha value is -0.885. The second-order valence-corrected chi connectivity index (χ2v) is 7.52. The third kappa shape index (κ3) is 3.96. The van der Waals surface area contributed by atoms with Crippen LogP contribution in [-0.2, 0) is 14.1 Å². The van der Waals surface area contributed by atoms with Crippen LogP contribution in [0, 0.1) is 0 Å². The molecule has 23 heavy (non-hydrogen) atoms. The third-order valence-electron chi connectivity index (χ3n) is 4.15. The highest BCUT2D eigenvalue weighted by Gasteiger charge is 2.53. The lowest BCUT2D eigenvalue weighted by molar-refractivity contribution is -0.118. The van der Waals surface area contributed by atoms with Gasteiger partial charge in [0, 0.05) is 17.0 Å². The van der Waals surface area contributed by atoms with E-state index in [9.17, 15) is 4.79 Å². The van der Waals surface area contributed by atoms with Gasteiger partial charge in [-0.25, -0.2) is 4.39 Å². The molecule has 1 saturated heterocycles. The second-order valence-electron chi connectivity index (χ2n) is 6.30. The summed E-state index contributed by atoms with van der Waals surface area (Å²) in [5.74, 6) is -0.530. The summed E-state index contributed by atoms with van der Waals surface area (Å²) >= 11 is 6.86. The van der Waals surface area contributed by atoms with E-state index < -0.39 is 24.0 Å². The third-order valence-corrected chi connectivity index (χ3v) is 5.32. The van der Waals surface area contributed by atoms with E-state index in [1.54, 1.807) is 6.07 Å². The molecule has 0 aliphatic carbocycles. The van der Waals surface area contributed by atoms with Crippen LogP contribution >= 0.6 is 22.9 Å². The highest BCUT2D eigenvalue weighted by molar-refractivity contribution is 7.11. The first-order chi connectivity index (χ1) is 10.7. The maximum Gasteiger partial charge on any atom is 0.525 e. The molecule has 0 spiro atoms. The number of rotatable bonds is 5. The summed E-state index contributed by atoms with van der Waals surface area (Å²) in [6.07, 6.45) is 0. The van der Waals surface area contributed by atoms with Gasteiger partial charge in [0.2, 0.25) is 5.91 Å². The molecule has 1 aromatic heterocycles. The Bertz CT molecular complexity index is 588. The van der Waals surface area contributed by atoms with Crippen molar-refractivity contribution in [2.24, 2.45) is 0 Å². The molecule has 0 aromatic carbocycles. The number of nitrogens with one attached hydrogen (secondary N) is 1. The van der Waals surface area contributed by atoms with E-state index in [0.29, 0.717) is 10.5 Å². The molecule has 2 heterocycles. The van der Waals surface area contributed by atoms with Crippen LogP contribution in [-0.4, -0.2) is 36.7 Å². The van der Waals surface area contributed by atoms with Crippen LogP contribution < -0.4 is 5.32 Å². The van der Waals surface area contributed by atoms with Crippen LogP contribution in [0.2, 0.25) is 0 Å². The van der Waals surface area contributed by atoms with Gasteiger partial charge in [-0.2, -0.15) is 0 Å². The van der Waals surface area contributed by atoms with E-state index in [4.69, 9.17) is 20.9 Å². The summed E-state index contributed by atoms with van der Waals surface area (Å²) in [5, 5.41) is 4.44. The molecule has 0 radical (unpaired) electrons. The van der Waals surface area contributed by atoms with Gasteiger partial charge in [-0.05, 0) is 39.1 Å². The molecular formula is C15H20BClFNO3S. The van der Waals surface area contributed by atoms with Gasteiger partial charge in [0.1, 0.15) is 11.6 Å². The second kappa shape index (κ2) is 6.93. The van der Waals surface area contributed by atoms with Gasteiger partial charge in [-0.1, -0.05) is 6.07 Å². The van der Waals surface area contributed by atoms with Gasteiger partial charge in [0.15, 0.2) is 0 Å². The zero-order valence-corrected chi connectivity index (χ0v) is 15.2. The van der Waals surface area contributed by atoms with Crippen LogP contribution in [0.25, 0.3) is 5.57 Å². The summed E-state index contributed by atoms with van der Waals surface area (Å²) in [6, 6.07) is 3.61. The molecule has 8 heteroatoms. The minimum Gasteiger partial charge on any atom is -0.398 e. The van der Waals surface area contributed by atoms with E-state index in [1.165, 1.54) is 11.3 Å². The van der Waals surface area contributed by atoms with Crippen molar-refractivity contribution in [1.82, 2.24) is 5.32 Å². The van der Waals surface area contributed by atoms with E-state index in [-0.39, 0.29) is 18.3 Å². The molecule has 1 N–H and O–H groups in total. The minimum absolute atomic E-state index is 0.0297. The van der Waals surface area contributed by atoms with Gasteiger partial charge in [-0.15, -0.1) is 22.9 Å². The van der Waals surface area contributed by atoms with Crippen LogP contribution in [0.15, 0.2) is 23.2 Å². The van der Waals surface area contributed by atoms with Crippen molar-refractivity contribution in [3.8, 4) is 0 Å². The first-order valence-corrected chi connectivity index (χ1v) is 8.70. The van der Waals surface area contributed by atoms with Crippen molar-refractivity contribution in [3.63, 3.8) is 0 Å². The molecule has 1 aliphatic rings. The lowest BCUT2D eigenvalue weighted by Crippen LogP contribution is -2.41. The number of carbonyl (C=O) groups is 1. The average molecular weight is 360 g/mol. The zero-order valence-electron chi connectivity index (χ0n) is 13.6. The Balaban J connectivity index is 2.29. The quantitative estimate of drug-likeness (QED) is 0.647.